The number of amides is 1. The third kappa shape index (κ3) is 4.99. The fourth-order valence-electron chi connectivity index (χ4n) is 4.52. The second-order valence-corrected chi connectivity index (χ2v) is 10.9. The summed E-state index contributed by atoms with van der Waals surface area (Å²) in [6.45, 7) is 6.73. The van der Waals surface area contributed by atoms with E-state index in [9.17, 15) is 13.2 Å². The van der Waals surface area contributed by atoms with Gasteiger partial charge in [0, 0.05) is 50.9 Å². The van der Waals surface area contributed by atoms with E-state index in [1.165, 1.54) is 4.31 Å². The molecule has 0 radical (unpaired) electrons. The number of sulfonamides is 1. The second-order valence-electron chi connectivity index (χ2n) is 9.00. The van der Waals surface area contributed by atoms with Gasteiger partial charge in [-0.2, -0.15) is 9.29 Å². The Morgan fingerprint density at radius 2 is 1.69 bits per heavy atom. The summed E-state index contributed by atoms with van der Waals surface area (Å²) in [4.78, 5) is 20.8. The van der Waals surface area contributed by atoms with Gasteiger partial charge >= 0.3 is 6.09 Å². The molecule has 36 heavy (non-hydrogen) atoms. The molecule has 0 saturated carbocycles. The number of anilines is 1. The first-order valence-corrected chi connectivity index (χ1v) is 13.5. The maximum atomic E-state index is 13.0. The Balaban J connectivity index is 1.15. The lowest BCUT2D eigenvalue weighted by Gasteiger charge is -2.34. The lowest BCUT2D eigenvalue weighted by molar-refractivity contribution is 0.0937. The fourth-order valence-corrected chi connectivity index (χ4v) is 5.94. The fraction of sp³-hybridized carbons (Fsp3) is 0.400. The van der Waals surface area contributed by atoms with Crippen molar-refractivity contribution in [1.82, 2.24) is 19.3 Å². The van der Waals surface area contributed by atoms with Crippen LogP contribution in [0, 0.1) is 6.92 Å². The molecule has 3 heterocycles. The monoisotopic (exact) mass is 511 g/mol. The number of carbonyl (C=O) groups excluding carboxylic acids is 1. The van der Waals surface area contributed by atoms with E-state index >= 15 is 0 Å². The third-order valence-electron chi connectivity index (χ3n) is 6.60. The summed E-state index contributed by atoms with van der Waals surface area (Å²) in [5.74, 6) is 0.990. The topological polar surface area (TPSA) is 109 Å². The molecule has 10 nitrogen and oxygen atoms in total. The van der Waals surface area contributed by atoms with Crippen molar-refractivity contribution < 1.29 is 22.5 Å². The number of rotatable bonds is 7. The molecule has 190 valence electrons. The highest BCUT2D eigenvalue weighted by Crippen LogP contribution is 2.26. The predicted molar refractivity (Wildman–Crippen MR) is 133 cm³/mol. The van der Waals surface area contributed by atoms with Gasteiger partial charge in [-0.05, 0) is 48.4 Å². The number of carbonyl (C=O) groups is 1. The molecule has 1 aromatic heterocycles. The van der Waals surface area contributed by atoms with Gasteiger partial charge in [0.2, 0.25) is 21.7 Å². The number of nitrogens with zero attached hydrogens (tertiary/aromatic N) is 5. The number of benzene rings is 2. The Labute approximate surface area is 210 Å². The minimum Gasteiger partial charge on any atom is -0.443 e. The lowest BCUT2D eigenvalue weighted by Crippen LogP contribution is -2.50. The molecule has 0 bridgehead atoms. The largest absolute Gasteiger partial charge is 0.443 e. The van der Waals surface area contributed by atoms with E-state index in [1.54, 1.807) is 24.0 Å². The average Bonchev–Trinajstić information content (AvgIpc) is 3.49. The standard InChI is InChI=1S/C25H29N5O5S/c1-3-19-4-10-23(11-5-19)36(32,33)29-14-12-28(13-15-29)16-22-17-30(25(31)34-22)21-8-6-20(7-9-21)24-26-18(2)35-27-24/h4-11,22H,3,12-17H2,1-2H3. The molecule has 2 aromatic carbocycles. The van der Waals surface area contributed by atoms with Crippen LogP contribution in [0.1, 0.15) is 18.4 Å². The minimum absolute atomic E-state index is 0.290. The van der Waals surface area contributed by atoms with Gasteiger partial charge in [0.25, 0.3) is 0 Å². The Bertz CT molecular complexity index is 1320. The van der Waals surface area contributed by atoms with Gasteiger partial charge in [-0.3, -0.25) is 9.80 Å². The number of cyclic esters (lactones) is 1. The maximum absolute atomic E-state index is 13.0. The highest BCUT2D eigenvalue weighted by Gasteiger charge is 2.35. The Kier molecular flexibility index (Phi) is 6.78. The molecule has 5 rings (SSSR count). The van der Waals surface area contributed by atoms with Crippen molar-refractivity contribution in [3.05, 3.63) is 60.0 Å². The summed E-state index contributed by atoms with van der Waals surface area (Å²) in [5, 5.41) is 3.91. The van der Waals surface area contributed by atoms with Crippen molar-refractivity contribution in [3.8, 4) is 11.4 Å². The van der Waals surface area contributed by atoms with Crippen LogP contribution in [0.25, 0.3) is 11.4 Å². The van der Waals surface area contributed by atoms with E-state index in [0.29, 0.717) is 55.9 Å². The smallest absolute Gasteiger partial charge is 0.414 e. The van der Waals surface area contributed by atoms with Crippen LogP contribution in [0.5, 0.6) is 0 Å². The van der Waals surface area contributed by atoms with E-state index in [1.807, 2.05) is 43.3 Å². The zero-order valence-corrected chi connectivity index (χ0v) is 21.1. The van der Waals surface area contributed by atoms with E-state index in [0.717, 1.165) is 23.2 Å². The van der Waals surface area contributed by atoms with Gasteiger partial charge in [-0.25, -0.2) is 13.2 Å². The number of aromatic nitrogens is 2. The van der Waals surface area contributed by atoms with E-state index in [-0.39, 0.29) is 12.2 Å². The molecule has 2 aliphatic heterocycles. The van der Waals surface area contributed by atoms with Crippen molar-refractivity contribution in [1.29, 1.82) is 0 Å². The average molecular weight is 512 g/mol. The predicted octanol–water partition coefficient (Wildman–Crippen LogP) is 2.94. The summed E-state index contributed by atoms with van der Waals surface area (Å²) >= 11 is 0. The normalized spacial score (nSPS) is 19.6. The van der Waals surface area contributed by atoms with Crippen molar-refractivity contribution in [3.63, 3.8) is 0 Å². The molecule has 3 aromatic rings. The molecule has 0 spiro atoms. The molecule has 1 amide bonds. The SMILES string of the molecule is CCc1ccc(S(=O)(=O)N2CCN(CC3CN(c4ccc(-c5noc(C)n5)cc4)C(=O)O3)CC2)cc1. The van der Waals surface area contributed by atoms with Crippen LogP contribution in [0.2, 0.25) is 0 Å². The number of hydrogen-bond donors (Lipinski definition) is 0. The van der Waals surface area contributed by atoms with Gasteiger partial charge in [-0.1, -0.05) is 24.2 Å². The molecule has 1 atom stereocenters. The first-order chi connectivity index (χ1) is 17.3. The molecular formula is C25H29N5O5S. The van der Waals surface area contributed by atoms with Crippen LogP contribution < -0.4 is 4.90 Å². The Hall–Kier alpha value is -3.28. The molecule has 0 N–H and O–H groups in total. The number of hydrogen-bond acceptors (Lipinski definition) is 8. The summed E-state index contributed by atoms with van der Waals surface area (Å²) in [6.07, 6.45) is 0.190. The molecule has 1 unspecified atom stereocenters. The van der Waals surface area contributed by atoms with Crippen LogP contribution >= 0.6 is 0 Å². The Morgan fingerprint density at radius 3 is 2.31 bits per heavy atom. The van der Waals surface area contributed by atoms with Gasteiger partial charge in [-0.15, -0.1) is 0 Å². The van der Waals surface area contributed by atoms with Crippen molar-refractivity contribution in [2.45, 2.75) is 31.3 Å². The first-order valence-electron chi connectivity index (χ1n) is 12.0. The summed E-state index contributed by atoms with van der Waals surface area (Å²) in [7, 11) is -3.52. The Morgan fingerprint density at radius 1 is 1.00 bits per heavy atom. The number of ether oxygens (including phenoxy) is 1. The van der Waals surface area contributed by atoms with Crippen LogP contribution in [0.3, 0.4) is 0 Å². The summed E-state index contributed by atoms with van der Waals surface area (Å²) < 4.78 is 38.2. The zero-order valence-electron chi connectivity index (χ0n) is 20.3. The van der Waals surface area contributed by atoms with Crippen LogP contribution in [0.4, 0.5) is 10.5 Å². The van der Waals surface area contributed by atoms with Crippen LogP contribution in [-0.2, 0) is 21.2 Å². The van der Waals surface area contributed by atoms with E-state index in [2.05, 4.69) is 15.0 Å². The van der Waals surface area contributed by atoms with Gasteiger partial charge in [0.1, 0.15) is 6.10 Å². The molecule has 2 saturated heterocycles. The highest BCUT2D eigenvalue weighted by atomic mass is 32.2. The number of piperazine rings is 1. The highest BCUT2D eigenvalue weighted by molar-refractivity contribution is 7.89. The van der Waals surface area contributed by atoms with Gasteiger partial charge in [0.15, 0.2) is 0 Å². The van der Waals surface area contributed by atoms with Crippen molar-refractivity contribution in [2.24, 2.45) is 0 Å². The quantitative estimate of drug-likeness (QED) is 0.476. The molecule has 2 aliphatic rings. The zero-order chi connectivity index (χ0) is 25.3. The first kappa shape index (κ1) is 24.4. The van der Waals surface area contributed by atoms with Crippen molar-refractivity contribution >= 4 is 21.8 Å². The van der Waals surface area contributed by atoms with Gasteiger partial charge < -0.3 is 9.26 Å². The summed E-state index contributed by atoms with van der Waals surface area (Å²) in [6, 6.07) is 14.5. The molecule has 0 aliphatic carbocycles. The molecular weight excluding hydrogens is 482 g/mol. The van der Waals surface area contributed by atoms with Crippen LogP contribution in [-0.4, -0.2) is 79.2 Å². The molecule has 2 fully saturated rings. The second kappa shape index (κ2) is 10.00. The maximum Gasteiger partial charge on any atom is 0.414 e. The van der Waals surface area contributed by atoms with Crippen LogP contribution in [0.15, 0.2) is 57.9 Å². The van der Waals surface area contributed by atoms with E-state index < -0.39 is 10.0 Å². The van der Waals surface area contributed by atoms with Crippen molar-refractivity contribution in [2.75, 3.05) is 44.2 Å². The summed E-state index contributed by atoms with van der Waals surface area (Å²) in [5.41, 5.74) is 2.64. The minimum atomic E-state index is -3.52. The van der Waals surface area contributed by atoms with Gasteiger partial charge in [0.05, 0.1) is 11.4 Å². The third-order valence-corrected chi connectivity index (χ3v) is 8.51. The lowest BCUT2D eigenvalue weighted by atomic mass is 10.2. The number of aryl methyl sites for hydroxylation is 2. The molecule has 11 heteroatoms. The van der Waals surface area contributed by atoms with E-state index in [4.69, 9.17) is 9.26 Å².